The van der Waals surface area contributed by atoms with E-state index in [1.807, 2.05) is 0 Å². The van der Waals surface area contributed by atoms with Crippen LogP contribution < -0.4 is 0 Å². The van der Waals surface area contributed by atoms with Crippen LogP contribution in [0.4, 0.5) is 0 Å². The second kappa shape index (κ2) is 82.4. The van der Waals surface area contributed by atoms with Crippen molar-refractivity contribution >= 4 is 39.5 Å². The molecular weight excluding hydrogens is 1430 g/mol. The molecule has 0 fully saturated rings. The third-order valence-electron chi connectivity index (χ3n) is 18.4. The predicted octanol–water partition coefficient (Wildman–Crippen LogP) is 26.2. The van der Waals surface area contributed by atoms with Gasteiger partial charge in [0.25, 0.3) is 0 Å². The van der Waals surface area contributed by atoms with Crippen molar-refractivity contribution in [3.8, 4) is 0 Å². The summed E-state index contributed by atoms with van der Waals surface area (Å²) in [5, 5.41) is 10.7. The molecule has 0 aromatic rings. The minimum atomic E-state index is -4.99. The average molecular weight is 1590 g/mol. The maximum Gasteiger partial charge on any atom is 0.472 e. The van der Waals surface area contributed by atoms with Crippen molar-refractivity contribution in [3.05, 3.63) is 122 Å². The fourth-order valence-electron chi connectivity index (χ4n) is 11.8. The van der Waals surface area contributed by atoms with Crippen molar-refractivity contribution in [2.24, 2.45) is 0 Å². The summed E-state index contributed by atoms with van der Waals surface area (Å²) in [6.45, 7) is 4.66. The van der Waals surface area contributed by atoms with Crippen molar-refractivity contribution < 1.29 is 80.2 Å². The van der Waals surface area contributed by atoms with E-state index in [0.717, 1.165) is 212 Å². The van der Waals surface area contributed by atoms with Crippen LogP contribution in [0.3, 0.4) is 0 Å². The van der Waals surface area contributed by atoms with Gasteiger partial charge in [-0.15, -0.1) is 0 Å². The summed E-state index contributed by atoms with van der Waals surface area (Å²) in [6.07, 6.45) is 92.9. The van der Waals surface area contributed by atoms with Crippen LogP contribution in [-0.2, 0) is 65.4 Å². The third kappa shape index (κ3) is 81.5. The first-order chi connectivity index (χ1) is 53.7. The number of hydrogen-bond donors (Lipinski definition) is 3. The second-order valence-corrected chi connectivity index (χ2v) is 32.0. The van der Waals surface area contributed by atoms with Gasteiger partial charge in [0.2, 0.25) is 0 Å². The Morgan fingerprint density at radius 2 is 0.473 bits per heavy atom. The zero-order chi connectivity index (χ0) is 80.3. The monoisotopic (exact) mass is 1590 g/mol. The van der Waals surface area contributed by atoms with E-state index in [2.05, 4.69) is 149 Å². The van der Waals surface area contributed by atoms with Crippen LogP contribution in [0, 0.1) is 0 Å². The van der Waals surface area contributed by atoms with Crippen molar-refractivity contribution in [2.45, 2.75) is 393 Å². The Labute approximate surface area is 670 Å². The lowest BCUT2D eigenvalue weighted by Crippen LogP contribution is -2.30. The molecule has 5 unspecified atom stereocenters. The summed E-state index contributed by atoms with van der Waals surface area (Å²) in [6, 6.07) is 0. The van der Waals surface area contributed by atoms with E-state index in [1.54, 1.807) is 0 Å². The van der Waals surface area contributed by atoms with Crippen LogP contribution in [0.5, 0.6) is 0 Å². The Hall–Kier alpha value is -4.54. The Kier molecular flexibility index (Phi) is 79.0. The van der Waals surface area contributed by atoms with Crippen molar-refractivity contribution in [3.63, 3.8) is 0 Å². The number of aliphatic hydroxyl groups is 1. The average Bonchev–Trinajstić information content (AvgIpc) is 0.899. The van der Waals surface area contributed by atoms with Crippen LogP contribution in [0.25, 0.3) is 0 Å². The number of hydrogen-bond acceptors (Lipinski definition) is 15. The van der Waals surface area contributed by atoms with Gasteiger partial charge in [-0.1, -0.05) is 335 Å². The van der Waals surface area contributed by atoms with Crippen LogP contribution in [0.2, 0.25) is 0 Å². The number of unbranched alkanes of at least 4 members (excludes halogenated alkanes) is 36. The smallest absolute Gasteiger partial charge is 0.462 e. The van der Waals surface area contributed by atoms with Crippen LogP contribution in [0.15, 0.2) is 122 Å². The number of phosphoric acid groups is 2. The molecule has 0 aromatic carbocycles. The maximum atomic E-state index is 13.2. The van der Waals surface area contributed by atoms with Gasteiger partial charge < -0.3 is 33.8 Å². The van der Waals surface area contributed by atoms with E-state index in [-0.39, 0.29) is 25.7 Å². The molecule has 0 bridgehead atoms. The molecule has 0 heterocycles. The van der Waals surface area contributed by atoms with E-state index in [4.69, 9.17) is 37.0 Å². The fourth-order valence-corrected chi connectivity index (χ4v) is 13.4. The molecule has 3 N–H and O–H groups in total. The van der Waals surface area contributed by atoms with Gasteiger partial charge >= 0.3 is 39.5 Å². The number of carbonyl (C=O) groups excluding carboxylic acids is 4. The highest BCUT2D eigenvalue weighted by Gasteiger charge is 2.30. The zero-order valence-electron chi connectivity index (χ0n) is 69.7. The van der Waals surface area contributed by atoms with Crippen molar-refractivity contribution in [1.29, 1.82) is 0 Å². The molecule has 19 heteroatoms. The molecule has 0 spiro atoms. The highest BCUT2D eigenvalue weighted by atomic mass is 31.2. The van der Waals surface area contributed by atoms with E-state index >= 15 is 0 Å². The quantitative estimate of drug-likeness (QED) is 0.0169. The molecule has 634 valence electrons. The Morgan fingerprint density at radius 1 is 0.264 bits per heavy atom. The molecule has 110 heavy (non-hydrogen) atoms. The zero-order valence-corrected chi connectivity index (χ0v) is 71.4. The summed E-state index contributed by atoms with van der Waals surface area (Å²) in [7, 11) is -9.98. The maximum absolute atomic E-state index is 13.2. The molecule has 0 rings (SSSR count). The number of phosphoric ester groups is 2. The lowest BCUT2D eigenvalue weighted by Gasteiger charge is -2.21. The Morgan fingerprint density at radius 3 is 0.745 bits per heavy atom. The van der Waals surface area contributed by atoms with Crippen molar-refractivity contribution in [2.75, 3.05) is 39.6 Å². The molecule has 0 aliphatic carbocycles. The highest BCUT2D eigenvalue weighted by molar-refractivity contribution is 7.47. The van der Waals surface area contributed by atoms with Crippen molar-refractivity contribution in [1.82, 2.24) is 0 Å². The lowest BCUT2D eigenvalue weighted by molar-refractivity contribution is -0.161. The van der Waals surface area contributed by atoms with Crippen LogP contribution in [-0.4, -0.2) is 96.7 Å². The summed E-state index contributed by atoms with van der Waals surface area (Å²) >= 11 is 0. The molecule has 0 saturated carbocycles. The summed E-state index contributed by atoms with van der Waals surface area (Å²) in [4.78, 5) is 73.3. The highest BCUT2D eigenvalue weighted by Crippen LogP contribution is 2.45. The van der Waals surface area contributed by atoms with Gasteiger partial charge in [0.1, 0.15) is 19.3 Å². The summed E-state index contributed by atoms with van der Waals surface area (Å²) in [5.41, 5.74) is 0. The van der Waals surface area contributed by atoms with Crippen LogP contribution >= 0.6 is 15.6 Å². The Bertz CT molecular complexity index is 2550. The number of aliphatic hydroxyl groups excluding tert-OH is 1. The first-order valence-electron chi connectivity index (χ1n) is 43.8. The molecule has 0 saturated heterocycles. The molecule has 0 aliphatic rings. The summed E-state index contributed by atoms with van der Waals surface area (Å²) in [5.74, 6) is -2.19. The van der Waals surface area contributed by atoms with Gasteiger partial charge in [-0.25, -0.2) is 9.13 Å². The van der Waals surface area contributed by atoms with Gasteiger partial charge in [0, 0.05) is 25.7 Å². The predicted molar refractivity (Wildman–Crippen MR) is 455 cm³/mol. The first-order valence-corrected chi connectivity index (χ1v) is 46.8. The molecule has 5 atom stereocenters. The fraction of sp³-hybridized carbons (Fsp3) is 0.736. The molecular formula is C91H158O17P2. The Balaban J connectivity index is 5.39. The van der Waals surface area contributed by atoms with Gasteiger partial charge in [-0.05, 0) is 135 Å². The number of rotatable bonds is 82. The topological polar surface area (TPSA) is 237 Å². The standard InChI is InChI=1S/C91H158O17P2/c1-5-9-13-17-21-25-29-33-37-40-42-45-48-51-55-59-63-67-71-75-88(93)101-81-86(107-90(95)77-73-69-65-61-57-53-47-36-32-28-24-20-16-12-8-4)83-105-109(97,98)103-79-85(92)80-104-110(99,100)106-84-87(108-91(96)78-74-70-66-62-58-54-50-44-39-35-31-27-23-19-15-11-7-3)82-102-89(94)76-72-68-64-60-56-52-49-46-43-41-38-34-30-26-22-18-14-10-6-2/h9,11,13,15,21-23,25-27,33-35,37-39,42-43,45-46,85-87,92H,5-8,10,12,14,16-20,24,28-32,36,40-41,44,47-84H2,1-4H3,(H,97,98)(H,99,100)/b13-9-,15-11-,25-21-,26-22-,27-23-,37-33-,38-34-,39-35-,45-42-,46-43-. The molecule has 0 aromatic heterocycles. The van der Waals surface area contributed by atoms with E-state index in [0.29, 0.717) is 25.7 Å². The minimum Gasteiger partial charge on any atom is -0.462 e. The number of carbonyl (C=O) groups is 4. The van der Waals surface area contributed by atoms with Gasteiger partial charge in [-0.3, -0.25) is 37.3 Å². The SMILES string of the molecule is CC/C=C\C/C=C\C/C=C\C/C=C\CCCCCCCCC(=O)OCC(COP(=O)(O)OCC(O)COP(=O)(O)OCC(COC(=O)CCCCCCCC/C=C\C/C=C\C/C=C\CCCCC)OC(=O)CCCCCCCCC/C=C\C/C=C\C/C=C\CC)OC(=O)CCCCCCCCCCCCCCCCC. The minimum absolute atomic E-state index is 0.0795. The van der Waals surface area contributed by atoms with E-state index in [1.165, 1.54) is 83.5 Å². The molecule has 0 aliphatic heterocycles. The van der Waals surface area contributed by atoms with Gasteiger partial charge in [0.05, 0.1) is 26.4 Å². The second-order valence-electron chi connectivity index (χ2n) is 29.1. The molecule has 0 amide bonds. The van der Waals surface area contributed by atoms with E-state index in [9.17, 15) is 43.2 Å². The normalized spacial score (nSPS) is 14.4. The summed E-state index contributed by atoms with van der Waals surface area (Å²) < 4.78 is 68.9. The number of esters is 4. The molecule has 17 nitrogen and oxygen atoms in total. The number of allylic oxidation sites excluding steroid dienone is 20. The van der Waals surface area contributed by atoms with Crippen LogP contribution in [0.1, 0.15) is 374 Å². The largest absolute Gasteiger partial charge is 0.472 e. The van der Waals surface area contributed by atoms with E-state index < -0.39 is 97.5 Å². The first kappa shape index (κ1) is 105. The third-order valence-corrected chi connectivity index (χ3v) is 20.3. The molecule has 0 radical (unpaired) electrons. The number of ether oxygens (including phenoxy) is 4. The van der Waals surface area contributed by atoms with Gasteiger partial charge in [-0.2, -0.15) is 0 Å². The lowest BCUT2D eigenvalue weighted by atomic mass is 10.0. The van der Waals surface area contributed by atoms with Gasteiger partial charge in [0.15, 0.2) is 12.2 Å².